The number of benzene rings is 1. The fourth-order valence-corrected chi connectivity index (χ4v) is 4.65. The van der Waals surface area contributed by atoms with E-state index in [1.807, 2.05) is 18.2 Å². The summed E-state index contributed by atoms with van der Waals surface area (Å²) >= 11 is 0. The average Bonchev–Trinajstić information content (AvgIpc) is 2.76. The standard InChI is InChI=1S/C23H26N2O4/c1-24-20-7-3-2-5-17(20)13-19(21(24)26)22(27)25-12-4-6-18(14-25)15-8-10-16(11-9-15)23(28)29/h8-11,13,18H,2-7,12,14H2,1H3,(H,28,29). The number of amides is 1. The highest BCUT2D eigenvalue weighted by Gasteiger charge is 2.28. The summed E-state index contributed by atoms with van der Waals surface area (Å²) in [5.41, 5.74) is 3.55. The van der Waals surface area contributed by atoms with E-state index in [4.69, 9.17) is 5.11 Å². The van der Waals surface area contributed by atoms with Crippen molar-refractivity contribution in [1.29, 1.82) is 0 Å². The summed E-state index contributed by atoms with van der Waals surface area (Å²) in [5.74, 6) is -0.983. The Bertz CT molecular complexity index is 1010. The maximum atomic E-state index is 13.2. The van der Waals surface area contributed by atoms with Gasteiger partial charge in [-0.2, -0.15) is 0 Å². The van der Waals surface area contributed by atoms with E-state index in [1.165, 1.54) is 0 Å². The predicted molar refractivity (Wildman–Crippen MR) is 110 cm³/mol. The van der Waals surface area contributed by atoms with Gasteiger partial charge < -0.3 is 14.6 Å². The first-order valence-electron chi connectivity index (χ1n) is 10.3. The van der Waals surface area contributed by atoms with Gasteiger partial charge in [-0.1, -0.05) is 12.1 Å². The number of carbonyl (C=O) groups excluding carboxylic acids is 1. The molecule has 6 heteroatoms. The van der Waals surface area contributed by atoms with Gasteiger partial charge in [-0.25, -0.2) is 4.79 Å². The molecule has 1 amide bonds. The SMILES string of the molecule is Cn1c2c(cc(C(=O)N3CCCC(c4ccc(C(=O)O)cc4)C3)c1=O)CCCC2. The highest BCUT2D eigenvalue weighted by atomic mass is 16.4. The number of carboxylic acid groups (broad SMARTS) is 1. The van der Waals surface area contributed by atoms with Crippen molar-refractivity contribution < 1.29 is 14.7 Å². The van der Waals surface area contributed by atoms with Crippen LogP contribution in [0.15, 0.2) is 35.1 Å². The maximum absolute atomic E-state index is 13.2. The Kier molecular flexibility index (Phi) is 5.26. The van der Waals surface area contributed by atoms with E-state index in [1.54, 1.807) is 28.6 Å². The van der Waals surface area contributed by atoms with E-state index in [2.05, 4.69) is 0 Å². The third-order valence-electron chi connectivity index (χ3n) is 6.31. The van der Waals surface area contributed by atoms with Crippen LogP contribution in [0.3, 0.4) is 0 Å². The number of hydrogen-bond donors (Lipinski definition) is 1. The number of carbonyl (C=O) groups is 2. The van der Waals surface area contributed by atoms with E-state index < -0.39 is 5.97 Å². The molecule has 1 aliphatic heterocycles. The number of piperidine rings is 1. The number of aryl methyl sites for hydroxylation is 1. The lowest BCUT2D eigenvalue weighted by molar-refractivity contribution is 0.0693. The molecule has 6 nitrogen and oxygen atoms in total. The van der Waals surface area contributed by atoms with Crippen LogP contribution in [0.25, 0.3) is 0 Å². The quantitative estimate of drug-likeness (QED) is 0.868. The normalized spacial score (nSPS) is 18.9. The van der Waals surface area contributed by atoms with E-state index in [0.29, 0.717) is 13.1 Å². The molecule has 29 heavy (non-hydrogen) atoms. The molecule has 2 aliphatic rings. The van der Waals surface area contributed by atoms with Gasteiger partial charge >= 0.3 is 5.97 Å². The Morgan fingerprint density at radius 3 is 2.52 bits per heavy atom. The first-order valence-corrected chi connectivity index (χ1v) is 10.3. The van der Waals surface area contributed by atoms with Gasteiger partial charge in [0.2, 0.25) is 0 Å². The van der Waals surface area contributed by atoms with Crippen LogP contribution < -0.4 is 5.56 Å². The molecule has 2 heterocycles. The Morgan fingerprint density at radius 1 is 1.07 bits per heavy atom. The molecule has 4 rings (SSSR count). The molecule has 152 valence electrons. The summed E-state index contributed by atoms with van der Waals surface area (Å²) in [6.45, 7) is 1.19. The van der Waals surface area contributed by atoms with Gasteiger partial charge in [-0.15, -0.1) is 0 Å². The minimum absolute atomic E-state index is 0.150. The van der Waals surface area contributed by atoms with Crippen molar-refractivity contribution >= 4 is 11.9 Å². The number of fused-ring (bicyclic) bond motifs is 1. The smallest absolute Gasteiger partial charge is 0.335 e. The molecule has 1 aromatic carbocycles. The lowest BCUT2D eigenvalue weighted by atomic mass is 9.89. The topological polar surface area (TPSA) is 79.6 Å². The number of hydrogen-bond acceptors (Lipinski definition) is 3. The van der Waals surface area contributed by atoms with Gasteiger partial charge in [-0.05, 0) is 67.9 Å². The Labute approximate surface area is 169 Å². The van der Waals surface area contributed by atoms with Crippen LogP contribution in [0.4, 0.5) is 0 Å². The summed E-state index contributed by atoms with van der Waals surface area (Å²) in [4.78, 5) is 38.9. The Balaban J connectivity index is 1.57. The number of likely N-dealkylation sites (tertiary alicyclic amines) is 1. The molecule has 1 unspecified atom stereocenters. The van der Waals surface area contributed by atoms with Crippen LogP contribution in [0.1, 0.15) is 69.1 Å². The molecule has 0 saturated carbocycles. The molecule has 1 fully saturated rings. The van der Waals surface area contributed by atoms with Crippen molar-refractivity contribution in [2.24, 2.45) is 7.05 Å². The fraction of sp³-hybridized carbons (Fsp3) is 0.435. The molecular formula is C23H26N2O4. The van der Waals surface area contributed by atoms with Crippen LogP contribution in [0.2, 0.25) is 0 Å². The number of aromatic carboxylic acids is 1. The number of rotatable bonds is 3. The lowest BCUT2D eigenvalue weighted by Crippen LogP contribution is -2.42. The molecule has 1 N–H and O–H groups in total. The first-order chi connectivity index (χ1) is 14.0. The van der Waals surface area contributed by atoms with Crippen molar-refractivity contribution in [3.63, 3.8) is 0 Å². The van der Waals surface area contributed by atoms with Crippen molar-refractivity contribution in [1.82, 2.24) is 9.47 Å². The van der Waals surface area contributed by atoms with Crippen LogP contribution in [-0.2, 0) is 19.9 Å². The molecule has 0 bridgehead atoms. The van der Waals surface area contributed by atoms with Gasteiger partial charge in [-0.3, -0.25) is 9.59 Å². The summed E-state index contributed by atoms with van der Waals surface area (Å²) < 4.78 is 1.66. The average molecular weight is 394 g/mol. The summed E-state index contributed by atoms with van der Waals surface area (Å²) in [7, 11) is 1.77. The summed E-state index contributed by atoms with van der Waals surface area (Å²) in [6.07, 6.45) is 5.80. The number of carboxylic acids is 1. The lowest BCUT2D eigenvalue weighted by Gasteiger charge is -2.33. The molecule has 1 atom stereocenters. The van der Waals surface area contributed by atoms with Crippen LogP contribution in [0, 0.1) is 0 Å². The monoisotopic (exact) mass is 394 g/mol. The molecule has 0 spiro atoms. The van der Waals surface area contributed by atoms with Gasteiger partial charge in [0.15, 0.2) is 0 Å². The Morgan fingerprint density at radius 2 is 1.79 bits per heavy atom. The zero-order chi connectivity index (χ0) is 20.5. The molecule has 0 radical (unpaired) electrons. The third-order valence-corrected chi connectivity index (χ3v) is 6.31. The van der Waals surface area contributed by atoms with E-state index in [9.17, 15) is 14.4 Å². The van der Waals surface area contributed by atoms with Gasteiger partial charge in [0.25, 0.3) is 11.5 Å². The highest BCUT2D eigenvalue weighted by molar-refractivity contribution is 5.94. The number of nitrogens with zero attached hydrogens (tertiary/aromatic N) is 2. The third kappa shape index (κ3) is 3.71. The second kappa shape index (κ2) is 7.85. The molecule has 1 aliphatic carbocycles. The second-order valence-corrected chi connectivity index (χ2v) is 8.12. The summed E-state index contributed by atoms with van der Waals surface area (Å²) in [5, 5.41) is 9.08. The zero-order valence-corrected chi connectivity index (χ0v) is 16.7. The first kappa shape index (κ1) is 19.4. The van der Waals surface area contributed by atoms with Gasteiger partial charge in [0, 0.05) is 31.7 Å². The minimum atomic E-state index is -0.944. The molecular weight excluding hydrogens is 368 g/mol. The second-order valence-electron chi connectivity index (χ2n) is 8.12. The van der Waals surface area contributed by atoms with Crippen molar-refractivity contribution in [2.45, 2.75) is 44.4 Å². The Hall–Kier alpha value is -2.89. The summed E-state index contributed by atoms with van der Waals surface area (Å²) in [6, 6.07) is 8.71. The van der Waals surface area contributed by atoms with Crippen LogP contribution in [-0.4, -0.2) is 39.5 Å². The molecule has 1 aromatic heterocycles. The predicted octanol–water partition coefficient (Wildman–Crippen LogP) is 2.98. The molecule has 1 saturated heterocycles. The van der Waals surface area contributed by atoms with Crippen LogP contribution >= 0.6 is 0 Å². The maximum Gasteiger partial charge on any atom is 0.335 e. The zero-order valence-electron chi connectivity index (χ0n) is 16.7. The van der Waals surface area contributed by atoms with Crippen molar-refractivity contribution in [3.8, 4) is 0 Å². The van der Waals surface area contributed by atoms with Crippen molar-refractivity contribution in [2.75, 3.05) is 13.1 Å². The van der Waals surface area contributed by atoms with E-state index in [-0.39, 0.29) is 28.5 Å². The highest BCUT2D eigenvalue weighted by Crippen LogP contribution is 2.28. The minimum Gasteiger partial charge on any atom is -0.478 e. The van der Waals surface area contributed by atoms with Crippen LogP contribution in [0.5, 0.6) is 0 Å². The fourth-order valence-electron chi connectivity index (χ4n) is 4.65. The van der Waals surface area contributed by atoms with E-state index in [0.717, 1.165) is 55.3 Å². The number of aromatic nitrogens is 1. The largest absolute Gasteiger partial charge is 0.478 e. The number of pyridine rings is 1. The molecule has 2 aromatic rings. The van der Waals surface area contributed by atoms with Crippen molar-refractivity contribution in [3.05, 3.63) is 68.6 Å². The van der Waals surface area contributed by atoms with Gasteiger partial charge in [0.1, 0.15) is 5.56 Å². The van der Waals surface area contributed by atoms with Gasteiger partial charge in [0.05, 0.1) is 5.56 Å². The van der Waals surface area contributed by atoms with E-state index >= 15 is 0 Å².